The van der Waals surface area contributed by atoms with Gasteiger partial charge < -0.3 is 5.11 Å². The normalized spacial score (nSPS) is 11.4. The molecule has 0 bridgehead atoms. The van der Waals surface area contributed by atoms with Crippen molar-refractivity contribution in [1.29, 1.82) is 0 Å². The fourth-order valence-corrected chi connectivity index (χ4v) is 3.11. The molecule has 0 fully saturated rings. The van der Waals surface area contributed by atoms with Crippen LogP contribution in [0.5, 0.6) is 0 Å². The Bertz CT molecular complexity index is 792. The van der Waals surface area contributed by atoms with E-state index in [1.54, 1.807) is 29.2 Å². The molecule has 21 heavy (non-hydrogen) atoms. The van der Waals surface area contributed by atoms with Gasteiger partial charge in [0.1, 0.15) is 9.71 Å². The molecule has 7 heteroatoms. The van der Waals surface area contributed by atoms with Crippen LogP contribution in [-0.4, -0.2) is 30.8 Å². The molecule has 0 atom stereocenters. The number of carboxylic acid groups (broad SMARTS) is 1. The van der Waals surface area contributed by atoms with Crippen LogP contribution in [0.25, 0.3) is 16.2 Å². The van der Waals surface area contributed by atoms with Crippen molar-refractivity contribution in [2.24, 2.45) is 5.92 Å². The Morgan fingerprint density at radius 2 is 2.10 bits per heavy atom. The van der Waals surface area contributed by atoms with E-state index in [2.05, 4.69) is 28.9 Å². The van der Waals surface area contributed by atoms with Gasteiger partial charge in [0.2, 0.25) is 0 Å². The molecule has 3 aromatic rings. The van der Waals surface area contributed by atoms with E-state index >= 15 is 0 Å². The van der Waals surface area contributed by atoms with Crippen LogP contribution in [0.1, 0.15) is 29.2 Å². The Morgan fingerprint density at radius 3 is 2.71 bits per heavy atom. The zero-order chi connectivity index (χ0) is 15.0. The molecule has 0 aliphatic rings. The Labute approximate surface area is 125 Å². The van der Waals surface area contributed by atoms with Crippen molar-refractivity contribution in [2.45, 2.75) is 20.3 Å². The molecule has 3 aromatic heterocycles. The van der Waals surface area contributed by atoms with Gasteiger partial charge in [-0.3, -0.25) is 0 Å². The molecule has 0 saturated heterocycles. The summed E-state index contributed by atoms with van der Waals surface area (Å²) in [6.45, 7) is 4.21. The van der Waals surface area contributed by atoms with E-state index < -0.39 is 5.97 Å². The van der Waals surface area contributed by atoms with Gasteiger partial charge in [-0.15, -0.1) is 11.3 Å². The maximum Gasteiger partial charge on any atom is 0.345 e. The van der Waals surface area contributed by atoms with E-state index in [4.69, 9.17) is 0 Å². The fourth-order valence-electron chi connectivity index (χ4n) is 2.14. The molecular weight excluding hydrogens is 288 g/mol. The van der Waals surface area contributed by atoms with Crippen LogP contribution in [0.15, 0.2) is 24.5 Å². The van der Waals surface area contributed by atoms with Crippen molar-refractivity contribution < 1.29 is 9.90 Å². The van der Waals surface area contributed by atoms with Crippen LogP contribution in [0.4, 0.5) is 0 Å². The van der Waals surface area contributed by atoms with E-state index in [0.29, 0.717) is 16.7 Å². The summed E-state index contributed by atoms with van der Waals surface area (Å²) >= 11 is 1.20. The average Bonchev–Trinajstić information content (AvgIpc) is 3.00. The Balaban J connectivity index is 2.21. The summed E-state index contributed by atoms with van der Waals surface area (Å²) in [6, 6.07) is 3.42. The van der Waals surface area contributed by atoms with E-state index in [1.807, 2.05) is 0 Å². The van der Waals surface area contributed by atoms with E-state index in [1.165, 1.54) is 11.3 Å². The Morgan fingerprint density at radius 1 is 1.38 bits per heavy atom. The van der Waals surface area contributed by atoms with Crippen molar-refractivity contribution in [1.82, 2.24) is 19.7 Å². The summed E-state index contributed by atoms with van der Waals surface area (Å²) < 4.78 is 1.63. The van der Waals surface area contributed by atoms with Gasteiger partial charge in [0.25, 0.3) is 5.95 Å². The van der Waals surface area contributed by atoms with Crippen molar-refractivity contribution in [3.63, 3.8) is 0 Å². The van der Waals surface area contributed by atoms with Crippen molar-refractivity contribution in [2.75, 3.05) is 0 Å². The number of thiophene rings is 1. The number of carbonyl (C=O) groups is 1. The molecule has 0 aromatic carbocycles. The number of aromatic nitrogens is 4. The van der Waals surface area contributed by atoms with Crippen LogP contribution in [0.2, 0.25) is 0 Å². The predicted molar refractivity (Wildman–Crippen MR) is 80.0 cm³/mol. The number of aromatic carboxylic acids is 1. The fraction of sp³-hybridized carbons (Fsp3) is 0.286. The predicted octanol–water partition coefficient (Wildman–Crippen LogP) is 2.77. The van der Waals surface area contributed by atoms with Gasteiger partial charge in [-0.2, -0.15) is 9.78 Å². The maximum absolute atomic E-state index is 11.2. The molecule has 3 rings (SSSR count). The lowest BCUT2D eigenvalue weighted by Crippen LogP contribution is -2.03. The molecule has 108 valence electrons. The third-order valence-electron chi connectivity index (χ3n) is 2.99. The lowest BCUT2D eigenvalue weighted by Gasteiger charge is -2.01. The van der Waals surface area contributed by atoms with Crippen LogP contribution in [0, 0.1) is 5.92 Å². The largest absolute Gasteiger partial charge is 0.477 e. The first kappa shape index (κ1) is 13.7. The number of hydrogen-bond acceptors (Lipinski definition) is 5. The molecule has 0 aliphatic carbocycles. The van der Waals surface area contributed by atoms with Gasteiger partial charge >= 0.3 is 5.97 Å². The highest BCUT2D eigenvalue weighted by molar-refractivity contribution is 7.20. The molecular formula is C14H14N4O2S. The second-order valence-corrected chi connectivity index (χ2v) is 6.17. The topological polar surface area (TPSA) is 80.9 Å². The van der Waals surface area contributed by atoms with Crippen molar-refractivity contribution in [3.8, 4) is 5.95 Å². The SMILES string of the molecule is CC(C)Cc1nn(-c2ncccn2)c2sc(C(=O)O)cc12. The van der Waals surface area contributed by atoms with Crippen LogP contribution in [-0.2, 0) is 6.42 Å². The summed E-state index contributed by atoms with van der Waals surface area (Å²) in [7, 11) is 0. The number of hydrogen-bond donors (Lipinski definition) is 1. The van der Waals surface area contributed by atoms with E-state index in [0.717, 1.165) is 22.3 Å². The third kappa shape index (κ3) is 2.52. The first-order chi connectivity index (χ1) is 10.1. The minimum absolute atomic E-state index is 0.303. The van der Waals surface area contributed by atoms with Gasteiger partial charge in [-0.05, 0) is 24.5 Å². The van der Waals surface area contributed by atoms with Gasteiger partial charge in [0.05, 0.1) is 5.69 Å². The van der Waals surface area contributed by atoms with Crippen molar-refractivity contribution in [3.05, 3.63) is 35.1 Å². The van der Waals surface area contributed by atoms with Crippen LogP contribution >= 0.6 is 11.3 Å². The summed E-state index contributed by atoms with van der Waals surface area (Å²) in [5, 5.41) is 14.6. The van der Waals surface area contributed by atoms with Gasteiger partial charge in [0.15, 0.2) is 0 Å². The van der Waals surface area contributed by atoms with Crippen LogP contribution < -0.4 is 0 Å². The molecule has 1 N–H and O–H groups in total. The van der Waals surface area contributed by atoms with Crippen LogP contribution in [0.3, 0.4) is 0 Å². The molecule has 0 radical (unpaired) electrons. The summed E-state index contributed by atoms with van der Waals surface area (Å²) in [4.78, 5) is 20.7. The molecule has 0 saturated carbocycles. The van der Waals surface area contributed by atoms with Gasteiger partial charge in [-0.25, -0.2) is 14.8 Å². The highest BCUT2D eigenvalue weighted by Gasteiger charge is 2.19. The number of carboxylic acids is 1. The number of fused-ring (bicyclic) bond motifs is 1. The monoisotopic (exact) mass is 302 g/mol. The molecule has 6 nitrogen and oxygen atoms in total. The third-order valence-corrected chi connectivity index (χ3v) is 4.09. The quantitative estimate of drug-likeness (QED) is 0.801. The maximum atomic E-state index is 11.2. The van der Waals surface area contributed by atoms with Crippen molar-refractivity contribution >= 4 is 27.5 Å². The highest BCUT2D eigenvalue weighted by Crippen LogP contribution is 2.31. The minimum Gasteiger partial charge on any atom is -0.477 e. The number of rotatable bonds is 4. The van der Waals surface area contributed by atoms with E-state index in [-0.39, 0.29) is 0 Å². The number of nitrogens with zero attached hydrogens (tertiary/aromatic N) is 4. The van der Waals surface area contributed by atoms with E-state index in [9.17, 15) is 9.90 Å². The molecule has 3 heterocycles. The zero-order valence-electron chi connectivity index (χ0n) is 11.6. The molecule has 0 spiro atoms. The Hall–Kier alpha value is -2.28. The smallest absolute Gasteiger partial charge is 0.345 e. The lowest BCUT2D eigenvalue weighted by atomic mass is 10.1. The second kappa shape index (κ2) is 5.25. The zero-order valence-corrected chi connectivity index (χ0v) is 12.5. The Kier molecular flexibility index (Phi) is 3.42. The minimum atomic E-state index is -0.924. The molecule has 0 aliphatic heterocycles. The summed E-state index contributed by atoms with van der Waals surface area (Å²) in [6.07, 6.45) is 4.07. The standard InChI is InChI=1S/C14H14N4O2S/c1-8(2)6-10-9-7-11(13(19)20)21-12(9)18(17-10)14-15-4-3-5-16-14/h3-5,7-8H,6H2,1-2H3,(H,19,20). The summed E-state index contributed by atoms with van der Waals surface area (Å²) in [5.74, 6) is -0.0371. The van der Waals surface area contributed by atoms with Gasteiger partial charge in [-0.1, -0.05) is 13.8 Å². The van der Waals surface area contributed by atoms with Gasteiger partial charge in [0, 0.05) is 17.8 Å². The summed E-state index contributed by atoms with van der Waals surface area (Å²) in [5.41, 5.74) is 0.885. The molecule has 0 unspecified atom stereocenters. The first-order valence-corrected chi connectivity index (χ1v) is 7.40. The average molecular weight is 302 g/mol. The second-order valence-electron chi connectivity index (χ2n) is 5.14. The highest BCUT2D eigenvalue weighted by atomic mass is 32.1. The first-order valence-electron chi connectivity index (χ1n) is 6.58. The molecule has 0 amide bonds. The lowest BCUT2D eigenvalue weighted by molar-refractivity contribution is 0.0702.